The van der Waals surface area contributed by atoms with Crippen LogP contribution in [0.4, 0.5) is 18.9 Å². The Morgan fingerprint density at radius 1 is 1.04 bits per heavy atom. The molecule has 0 unspecified atom stereocenters. The van der Waals surface area contributed by atoms with Gasteiger partial charge in [0.1, 0.15) is 0 Å². The van der Waals surface area contributed by atoms with E-state index in [4.69, 9.17) is 6.42 Å². The summed E-state index contributed by atoms with van der Waals surface area (Å²) in [6.07, 6.45) is 0.541. The van der Waals surface area contributed by atoms with Gasteiger partial charge in [-0.1, -0.05) is 30.2 Å². The summed E-state index contributed by atoms with van der Waals surface area (Å²) in [7, 11) is 0. The van der Waals surface area contributed by atoms with Crippen LogP contribution in [0.5, 0.6) is 0 Å². The minimum atomic E-state index is -4.43. The number of terminal acetylenes is 1. The van der Waals surface area contributed by atoms with Gasteiger partial charge < -0.3 is 10.6 Å². The Bertz CT molecular complexity index is 837. The molecule has 0 aliphatic rings. The van der Waals surface area contributed by atoms with Crippen molar-refractivity contribution in [2.24, 2.45) is 0 Å². The summed E-state index contributed by atoms with van der Waals surface area (Å²) in [5.74, 6) is 1.38. The van der Waals surface area contributed by atoms with Crippen molar-refractivity contribution in [3.8, 4) is 12.3 Å². The van der Waals surface area contributed by atoms with E-state index in [1.807, 2.05) is 0 Å². The number of carbonyl (C=O) groups is 2. The van der Waals surface area contributed by atoms with Gasteiger partial charge in [-0.2, -0.15) is 13.2 Å². The highest BCUT2D eigenvalue weighted by Crippen LogP contribution is 2.29. The van der Waals surface area contributed by atoms with E-state index in [-0.39, 0.29) is 18.5 Å². The van der Waals surface area contributed by atoms with Gasteiger partial charge in [0.15, 0.2) is 0 Å². The number of para-hydroxylation sites is 1. The van der Waals surface area contributed by atoms with Gasteiger partial charge in [0, 0.05) is 0 Å². The molecule has 0 aromatic heterocycles. The van der Waals surface area contributed by atoms with Crippen LogP contribution in [0.1, 0.15) is 21.5 Å². The molecule has 7 heteroatoms. The second kappa shape index (κ2) is 8.21. The zero-order valence-corrected chi connectivity index (χ0v) is 13.6. The Morgan fingerprint density at radius 3 is 2.31 bits per heavy atom. The van der Waals surface area contributed by atoms with Crippen LogP contribution < -0.4 is 10.6 Å². The van der Waals surface area contributed by atoms with Gasteiger partial charge >= 0.3 is 6.18 Å². The van der Waals surface area contributed by atoms with Gasteiger partial charge in [-0.3, -0.25) is 9.59 Å². The van der Waals surface area contributed by atoms with Crippen LogP contribution in [0, 0.1) is 12.3 Å². The molecule has 4 nitrogen and oxygen atoms in total. The maximum absolute atomic E-state index is 12.5. The van der Waals surface area contributed by atoms with Crippen molar-refractivity contribution in [3.05, 3.63) is 65.2 Å². The van der Waals surface area contributed by atoms with Crippen LogP contribution in [-0.4, -0.2) is 18.4 Å². The number of amides is 2. The lowest BCUT2D eigenvalue weighted by atomic mass is 10.1. The molecular weight excluding hydrogens is 345 g/mol. The molecule has 2 N–H and O–H groups in total. The Kier molecular flexibility index (Phi) is 6.02. The fourth-order valence-electron chi connectivity index (χ4n) is 2.21. The number of anilines is 1. The second-order valence-electron chi connectivity index (χ2n) is 5.35. The molecule has 0 heterocycles. The first-order valence-corrected chi connectivity index (χ1v) is 7.58. The predicted molar refractivity (Wildman–Crippen MR) is 91.4 cm³/mol. The number of hydrogen-bond donors (Lipinski definition) is 2. The van der Waals surface area contributed by atoms with Gasteiger partial charge in [-0.25, -0.2) is 0 Å². The maximum Gasteiger partial charge on any atom is 0.416 e. The van der Waals surface area contributed by atoms with Gasteiger partial charge in [-0.05, 0) is 29.8 Å². The SMILES string of the molecule is C#CCNC(=O)c1ccccc1NC(=O)Cc1ccc(C(F)(F)F)cc1. The fourth-order valence-corrected chi connectivity index (χ4v) is 2.21. The van der Waals surface area contributed by atoms with E-state index in [9.17, 15) is 22.8 Å². The van der Waals surface area contributed by atoms with Crippen LogP contribution in [0.3, 0.4) is 0 Å². The van der Waals surface area contributed by atoms with Crippen molar-refractivity contribution in [3.63, 3.8) is 0 Å². The normalized spacial score (nSPS) is 10.7. The Morgan fingerprint density at radius 2 is 1.69 bits per heavy atom. The molecule has 2 aromatic rings. The van der Waals surface area contributed by atoms with Gasteiger partial charge in [0.2, 0.25) is 5.91 Å². The molecule has 0 aliphatic carbocycles. The van der Waals surface area contributed by atoms with Crippen molar-refractivity contribution in [1.82, 2.24) is 5.32 Å². The first-order chi connectivity index (χ1) is 12.3. The number of nitrogens with one attached hydrogen (secondary N) is 2. The van der Waals surface area contributed by atoms with Gasteiger partial charge in [-0.15, -0.1) is 6.42 Å². The van der Waals surface area contributed by atoms with E-state index in [1.165, 1.54) is 18.2 Å². The summed E-state index contributed by atoms with van der Waals surface area (Å²) in [4.78, 5) is 24.2. The average Bonchev–Trinajstić information content (AvgIpc) is 2.59. The van der Waals surface area contributed by atoms with Crippen molar-refractivity contribution < 1.29 is 22.8 Å². The Labute approximate surface area is 148 Å². The first kappa shape index (κ1) is 19.1. The first-order valence-electron chi connectivity index (χ1n) is 7.58. The number of halogens is 3. The minimum Gasteiger partial charge on any atom is -0.341 e. The maximum atomic E-state index is 12.5. The zero-order chi connectivity index (χ0) is 19.2. The van der Waals surface area contributed by atoms with Crippen LogP contribution in [0.15, 0.2) is 48.5 Å². The van der Waals surface area contributed by atoms with Crippen molar-refractivity contribution >= 4 is 17.5 Å². The fraction of sp³-hybridized carbons (Fsp3) is 0.158. The number of alkyl halides is 3. The molecule has 0 fully saturated rings. The van der Waals surface area contributed by atoms with Gasteiger partial charge in [0.05, 0.1) is 29.8 Å². The minimum absolute atomic E-state index is 0.0483. The largest absolute Gasteiger partial charge is 0.416 e. The van der Waals surface area contributed by atoms with Crippen LogP contribution >= 0.6 is 0 Å². The molecule has 26 heavy (non-hydrogen) atoms. The highest BCUT2D eigenvalue weighted by Gasteiger charge is 2.30. The van der Waals surface area contributed by atoms with E-state index in [2.05, 4.69) is 16.6 Å². The Hall–Kier alpha value is -3.27. The number of hydrogen-bond acceptors (Lipinski definition) is 2. The molecule has 0 saturated heterocycles. The lowest BCUT2D eigenvalue weighted by Crippen LogP contribution is -2.25. The van der Waals surface area contributed by atoms with E-state index >= 15 is 0 Å². The molecule has 0 bridgehead atoms. The standard InChI is InChI=1S/C19H15F3N2O2/c1-2-11-23-18(26)15-5-3-4-6-16(15)24-17(25)12-13-7-9-14(10-8-13)19(20,21)22/h1,3-10H,11-12H2,(H,23,26)(H,24,25). The van der Waals surface area contributed by atoms with E-state index in [0.29, 0.717) is 11.3 Å². The van der Waals surface area contributed by atoms with Crippen LogP contribution in [0.2, 0.25) is 0 Å². The summed E-state index contributed by atoms with van der Waals surface area (Å²) in [5, 5.41) is 5.09. The molecular formula is C19H15F3N2O2. The molecule has 2 amide bonds. The highest BCUT2D eigenvalue weighted by atomic mass is 19.4. The smallest absolute Gasteiger partial charge is 0.341 e. The lowest BCUT2D eigenvalue weighted by molar-refractivity contribution is -0.137. The summed E-state index contributed by atoms with van der Waals surface area (Å²) in [5.41, 5.74) is 0.171. The van der Waals surface area contributed by atoms with Crippen molar-refractivity contribution in [2.45, 2.75) is 12.6 Å². The number of benzene rings is 2. The third-order valence-corrected chi connectivity index (χ3v) is 3.44. The molecule has 2 aromatic carbocycles. The van der Waals surface area contributed by atoms with Gasteiger partial charge in [0.25, 0.3) is 5.91 Å². The third-order valence-electron chi connectivity index (χ3n) is 3.44. The quantitative estimate of drug-likeness (QED) is 0.805. The van der Waals surface area contributed by atoms with Crippen molar-refractivity contribution in [1.29, 1.82) is 0 Å². The topological polar surface area (TPSA) is 58.2 Å². The summed E-state index contributed by atoms with van der Waals surface area (Å²) in [6, 6.07) is 10.7. The Balaban J connectivity index is 2.06. The number of rotatable bonds is 5. The number of carbonyl (C=O) groups excluding carboxylic acids is 2. The predicted octanol–water partition coefficient (Wildman–Crippen LogP) is 3.25. The molecule has 0 spiro atoms. The van der Waals surface area contributed by atoms with E-state index < -0.39 is 23.6 Å². The van der Waals surface area contributed by atoms with Crippen molar-refractivity contribution in [2.75, 3.05) is 11.9 Å². The average molecular weight is 360 g/mol. The second-order valence-corrected chi connectivity index (χ2v) is 5.35. The molecule has 0 saturated carbocycles. The summed E-state index contributed by atoms with van der Waals surface area (Å²) in [6.45, 7) is 0.0483. The molecule has 0 radical (unpaired) electrons. The molecule has 0 aliphatic heterocycles. The summed E-state index contributed by atoms with van der Waals surface area (Å²) < 4.78 is 37.6. The monoisotopic (exact) mass is 360 g/mol. The molecule has 0 atom stereocenters. The lowest BCUT2D eigenvalue weighted by Gasteiger charge is -2.11. The summed E-state index contributed by atoms with van der Waals surface area (Å²) >= 11 is 0. The zero-order valence-electron chi connectivity index (χ0n) is 13.6. The highest BCUT2D eigenvalue weighted by molar-refractivity contribution is 6.04. The van der Waals surface area contributed by atoms with Crippen LogP contribution in [0.25, 0.3) is 0 Å². The van der Waals surface area contributed by atoms with Crippen LogP contribution in [-0.2, 0) is 17.4 Å². The third kappa shape index (κ3) is 5.11. The molecule has 2 rings (SSSR count). The van der Waals surface area contributed by atoms with E-state index in [1.54, 1.807) is 18.2 Å². The van der Waals surface area contributed by atoms with E-state index in [0.717, 1.165) is 12.1 Å². The molecule has 134 valence electrons.